The first-order valence-corrected chi connectivity index (χ1v) is 8.57. The zero-order valence-corrected chi connectivity index (χ0v) is 15.5. The maximum absolute atomic E-state index is 13.0. The average Bonchev–Trinajstić information content (AvgIpc) is 2.71. The number of carbonyl (C=O) groups excluding carboxylic acids is 2. The molecular formula is C19H19BrN2O2. The third kappa shape index (κ3) is 2.84. The van der Waals surface area contributed by atoms with Gasteiger partial charge in [0, 0.05) is 10.0 Å². The first-order valence-electron chi connectivity index (χ1n) is 7.77. The van der Waals surface area contributed by atoms with Crippen molar-refractivity contribution in [2.75, 3.05) is 0 Å². The van der Waals surface area contributed by atoms with Crippen molar-refractivity contribution in [3.63, 3.8) is 0 Å². The summed E-state index contributed by atoms with van der Waals surface area (Å²) in [6.45, 7) is 6.03. The van der Waals surface area contributed by atoms with Crippen LogP contribution in [0.15, 0.2) is 46.9 Å². The van der Waals surface area contributed by atoms with Crippen LogP contribution in [0.25, 0.3) is 0 Å². The molecule has 124 valence electrons. The fourth-order valence-corrected chi connectivity index (χ4v) is 3.91. The van der Waals surface area contributed by atoms with Crippen LogP contribution in [-0.2, 0) is 16.9 Å². The van der Waals surface area contributed by atoms with Crippen LogP contribution < -0.4 is 5.32 Å². The topological polar surface area (TPSA) is 49.4 Å². The Morgan fingerprint density at radius 1 is 1.08 bits per heavy atom. The van der Waals surface area contributed by atoms with E-state index >= 15 is 0 Å². The highest BCUT2D eigenvalue weighted by molar-refractivity contribution is 9.10. The Kier molecular flexibility index (Phi) is 4.22. The molecule has 5 heteroatoms. The van der Waals surface area contributed by atoms with E-state index < -0.39 is 5.54 Å². The van der Waals surface area contributed by atoms with Crippen molar-refractivity contribution in [3.05, 3.63) is 69.2 Å². The van der Waals surface area contributed by atoms with E-state index in [0.29, 0.717) is 0 Å². The van der Waals surface area contributed by atoms with Crippen molar-refractivity contribution in [1.29, 1.82) is 0 Å². The third-order valence-electron chi connectivity index (χ3n) is 4.31. The minimum absolute atomic E-state index is 0.237. The summed E-state index contributed by atoms with van der Waals surface area (Å²) in [5.74, 6) is -0.237. The zero-order chi connectivity index (χ0) is 17.5. The Morgan fingerprint density at radius 2 is 1.71 bits per heavy atom. The molecule has 1 N–H and O–H groups in total. The Bertz CT molecular complexity index is 814. The number of hydrogen-bond donors (Lipinski definition) is 1. The minimum atomic E-state index is -1.06. The van der Waals surface area contributed by atoms with Crippen LogP contribution in [0.4, 0.5) is 4.79 Å². The normalized spacial score (nSPS) is 20.4. The van der Waals surface area contributed by atoms with Crippen LogP contribution in [0.2, 0.25) is 0 Å². The molecule has 1 atom stereocenters. The van der Waals surface area contributed by atoms with Gasteiger partial charge in [0.05, 0.1) is 6.54 Å². The number of benzene rings is 2. The lowest BCUT2D eigenvalue weighted by Gasteiger charge is -2.23. The number of rotatable bonds is 3. The van der Waals surface area contributed by atoms with Crippen LogP contribution >= 0.6 is 15.9 Å². The van der Waals surface area contributed by atoms with Gasteiger partial charge < -0.3 is 5.32 Å². The fourth-order valence-electron chi connectivity index (χ4n) is 3.23. The molecule has 3 amide bonds. The summed E-state index contributed by atoms with van der Waals surface area (Å²) >= 11 is 3.47. The highest BCUT2D eigenvalue weighted by Gasteiger charge is 2.49. The lowest BCUT2D eigenvalue weighted by Crippen LogP contribution is -2.41. The molecule has 2 aromatic carbocycles. The Hall–Kier alpha value is -2.14. The molecule has 1 fully saturated rings. The molecule has 3 rings (SSSR count). The number of halogens is 1. The maximum Gasteiger partial charge on any atom is 0.325 e. The molecular weight excluding hydrogens is 368 g/mol. The molecule has 0 aromatic heterocycles. The van der Waals surface area contributed by atoms with Crippen LogP contribution in [0.3, 0.4) is 0 Å². The van der Waals surface area contributed by atoms with Crippen LogP contribution in [0.5, 0.6) is 0 Å². The second-order valence-electron chi connectivity index (χ2n) is 6.42. The summed E-state index contributed by atoms with van der Waals surface area (Å²) in [6, 6.07) is 13.2. The zero-order valence-electron chi connectivity index (χ0n) is 13.9. The van der Waals surface area contributed by atoms with Crippen molar-refractivity contribution in [3.8, 4) is 0 Å². The summed E-state index contributed by atoms with van der Waals surface area (Å²) in [5.41, 5.74) is 2.88. The van der Waals surface area contributed by atoms with Gasteiger partial charge in [-0.05, 0) is 32.4 Å². The van der Waals surface area contributed by atoms with Gasteiger partial charge in [-0.2, -0.15) is 0 Å². The van der Waals surface area contributed by atoms with E-state index in [2.05, 4.69) is 27.3 Å². The van der Waals surface area contributed by atoms with E-state index in [1.54, 1.807) is 6.92 Å². The second kappa shape index (κ2) is 6.06. The fraction of sp³-hybridized carbons (Fsp3) is 0.263. The molecule has 0 bridgehead atoms. The molecule has 0 unspecified atom stereocenters. The molecule has 0 radical (unpaired) electrons. The van der Waals surface area contributed by atoms with Gasteiger partial charge in [-0.15, -0.1) is 0 Å². The monoisotopic (exact) mass is 386 g/mol. The maximum atomic E-state index is 13.0. The number of hydrogen-bond acceptors (Lipinski definition) is 2. The molecule has 1 aliphatic rings. The standard InChI is InChI=1S/C19H19BrN2O2/c1-12-8-13(2)10-14(9-12)11-22-17(23)19(3,21-18(22)24)15-6-4-5-7-16(15)20/h4-10H,11H2,1-3H3,(H,21,24)/t19-/m0/s1. The third-order valence-corrected chi connectivity index (χ3v) is 5.00. The lowest BCUT2D eigenvalue weighted by molar-refractivity contribution is -0.131. The number of urea groups is 1. The SMILES string of the molecule is Cc1cc(C)cc(CN2C(=O)N[C@@](C)(c3ccccc3Br)C2=O)c1. The quantitative estimate of drug-likeness (QED) is 0.809. The molecule has 1 saturated heterocycles. The Balaban J connectivity index is 1.93. The van der Waals surface area contributed by atoms with E-state index in [0.717, 1.165) is 26.7 Å². The van der Waals surface area contributed by atoms with Crippen LogP contribution in [-0.4, -0.2) is 16.8 Å². The predicted molar refractivity (Wildman–Crippen MR) is 96.5 cm³/mol. The van der Waals surface area contributed by atoms with Crippen molar-refractivity contribution >= 4 is 27.9 Å². The summed E-state index contributed by atoms with van der Waals surface area (Å²) in [6.07, 6.45) is 0. The van der Waals surface area contributed by atoms with Gasteiger partial charge in [0.1, 0.15) is 5.54 Å². The first-order chi connectivity index (χ1) is 11.3. The highest BCUT2D eigenvalue weighted by atomic mass is 79.9. The first kappa shape index (κ1) is 16.7. The van der Waals surface area contributed by atoms with E-state index in [4.69, 9.17) is 0 Å². The minimum Gasteiger partial charge on any atom is -0.319 e. The molecule has 0 aliphatic carbocycles. The summed E-state index contributed by atoms with van der Waals surface area (Å²) in [7, 11) is 0. The van der Waals surface area contributed by atoms with Crippen molar-refractivity contribution < 1.29 is 9.59 Å². The van der Waals surface area contributed by atoms with Crippen molar-refractivity contribution in [2.24, 2.45) is 0 Å². The second-order valence-corrected chi connectivity index (χ2v) is 7.28. The molecule has 0 saturated carbocycles. The van der Waals surface area contributed by atoms with Gasteiger partial charge in [0.15, 0.2) is 0 Å². The van der Waals surface area contributed by atoms with Gasteiger partial charge in [0.2, 0.25) is 0 Å². The van der Waals surface area contributed by atoms with E-state index in [1.165, 1.54) is 4.90 Å². The smallest absolute Gasteiger partial charge is 0.319 e. The van der Waals surface area contributed by atoms with Gasteiger partial charge in [-0.3, -0.25) is 9.69 Å². The van der Waals surface area contributed by atoms with Gasteiger partial charge in [0.25, 0.3) is 5.91 Å². The van der Waals surface area contributed by atoms with Crippen LogP contribution in [0, 0.1) is 13.8 Å². The molecule has 4 nitrogen and oxygen atoms in total. The van der Waals surface area contributed by atoms with E-state index in [-0.39, 0.29) is 18.5 Å². The molecule has 1 aliphatic heterocycles. The van der Waals surface area contributed by atoms with Crippen LogP contribution in [0.1, 0.15) is 29.2 Å². The van der Waals surface area contributed by atoms with Gasteiger partial charge in [-0.1, -0.05) is 63.5 Å². The molecule has 1 heterocycles. The van der Waals surface area contributed by atoms with E-state index in [1.807, 2.05) is 50.2 Å². The molecule has 0 spiro atoms. The Labute approximate surface area is 150 Å². The van der Waals surface area contributed by atoms with Gasteiger partial charge >= 0.3 is 6.03 Å². The average molecular weight is 387 g/mol. The number of amides is 3. The largest absolute Gasteiger partial charge is 0.325 e. The number of aryl methyl sites for hydroxylation is 2. The summed E-state index contributed by atoms with van der Waals surface area (Å²) in [5, 5.41) is 2.84. The lowest BCUT2D eigenvalue weighted by atomic mass is 9.92. The number of nitrogens with one attached hydrogen (secondary N) is 1. The van der Waals surface area contributed by atoms with Crippen molar-refractivity contribution in [2.45, 2.75) is 32.9 Å². The highest BCUT2D eigenvalue weighted by Crippen LogP contribution is 2.34. The predicted octanol–water partition coefficient (Wildman–Crippen LogP) is 4.03. The van der Waals surface area contributed by atoms with Crippen molar-refractivity contribution in [1.82, 2.24) is 10.2 Å². The molecule has 24 heavy (non-hydrogen) atoms. The summed E-state index contributed by atoms with van der Waals surface area (Å²) < 4.78 is 0.800. The number of imide groups is 1. The van der Waals surface area contributed by atoms with E-state index in [9.17, 15) is 9.59 Å². The number of carbonyl (C=O) groups is 2. The Morgan fingerprint density at radius 3 is 2.33 bits per heavy atom. The summed E-state index contributed by atoms with van der Waals surface area (Å²) in [4.78, 5) is 26.7. The van der Waals surface area contributed by atoms with Gasteiger partial charge in [-0.25, -0.2) is 4.79 Å². The molecule has 2 aromatic rings. The number of nitrogens with zero attached hydrogens (tertiary/aromatic N) is 1.